The number of rotatable bonds is 3. The molecule has 0 amide bonds. The molecule has 0 saturated heterocycles. The highest BCUT2D eigenvalue weighted by atomic mass is 35.5. The Morgan fingerprint density at radius 1 is 1.05 bits per heavy atom. The normalized spacial score (nSPS) is 11.6. The molecule has 2 rings (SSSR count). The van der Waals surface area contributed by atoms with Gasteiger partial charge in [-0.3, -0.25) is 0 Å². The number of aryl methyl sites for hydroxylation is 1. The highest BCUT2D eigenvalue weighted by Gasteiger charge is 2.15. The van der Waals surface area contributed by atoms with Gasteiger partial charge in [-0.05, 0) is 30.9 Å². The number of nitrogens with zero attached hydrogens (tertiary/aromatic N) is 3. The van der Waals surface area contributed by atoms with E-state index in [1.54, 1.807) is 0 Å². The summed E-state index contributed by atoms with van der Waals surface area (Å²) < 4.78 is 1.92. The zero-order valence-corrected chi connectivity index (χ0v) is 12.9. The summed E-state index contributed by atoms with van der Waals surface area (Å²) in [5, 5.41) is 5.37. The van der Waals surface area contributed by atoms with E-state index >= 15 is 0 Å². The molecule has 0 aliphatic rings. The summed E-state index contributed by atoms with van der Waals surface area (Å²) in [4.78, 5) is 4.54. The molecule has 0 spiro atoms. The minimum absolute atomic E-state index is 0.390. The van der Waals surface area contributed by atoms with Gasteiger partial charge in [0, 0.05) is 22.5 Å². The second-order valence-corrected chi connectivity index (χ2v) is 5.94. The average Bonchev–Trinajstić information content (AvgIpc) is 2.72. The molecule has 0 bridgehead atoms. The van der Waals surface area contributed by atoms with Gasteiger partial charge in [0.1, 0.15) is 0 Å². The van der Waals surface area contributed by atoms with E-state index in [4.69, 9.17) is 11.6 Å². The lowest BCUT2D eigenvalue weighted by atomic mass is 10.1. The summed E-state index contributed by atoms with van der Waals surface area (Å²) in [6, 6.07) is 5.87. The molecule has 0 N–H and O–H groups in total. The predicted octanol–water partition coefficient (Wildman–Crippen LogP) is 4.48. The summed E-state index contributed by atoms with van der Waals surface area (Å²) in [6.45, 7) is 10.6. The largest absolute Gasteiger partial charge is 0.234 e. The van der Waals surface area contributed by atoms with Gasteiger partial charge in [0.25, 0.3) is 0 Å². The molecule has 0 unspecified atom stereocenters. The summed E-state index contributed by atoms with van der Waals surface area (Å²) in [6.07, 6.45) is 0. The van der Waals surface area contributed by atoms with Gasteiger partial charge >= 0.3 is 0 Å². The number of hydrogen-bond acceptors (Lipinski definition) is 2. The van der Waals surface area contributed by atoms with E-state index in [9.17, 15) is 0 Å². The third-order valence-electron chi connectivity index (χ3n) is 3.06. The van der Waals surface area contributed by atoms with Crippen LogP contribution in [-0.4, -0.2) is 14.8 Å². The lowest BCUT2D eigenvalue weighted by Gasteiger charge is -2.10. The summed E-state index contributed by atoms with van der Waals surface area (Å²) in [5.74, 6) is 1.58. The van der Waals surface area contributed by atoms with Crippen molar-refractivity contribution >= 4 is 11.6 Å². The third-order valence-corrected chi connectivity index (χ3v) is 3.28. The van der Waals surface area contributed by atoms with Gasteiger partial charge in [0.2, 0.25) is 0 Å². The molecular formula is C15H20ClN3. The van der Waals surface area contributed by atoms with E-state index in [0.717, 1.165) is 22.9 Å². The second-order valence-electron chi connectivity index (χ2n) is 5.50. The topological polar surface area (TPSA) is 30.7 Å². The van der Waals surface area contributed by atoms with Gasteiger partial charge in [0.05, 0.1) is 5.69 Å². The summed E-state index contributed by atoms with van der Waals surface area (Å²) >= 11 is 6.12. The lowest BCUT2D eigenvalue weighted by Crippen LogP contribution is -2.06. The summed E-state index contributed by atoms with van der Waals surface area (Å²) in [5.41, 5.74) is 3.15. The number of pyridine rings is 1. The number of aromatic nitrogens is 3. The van der Waals surface area contributed by atoms with Crippen LogP contribution >= 0.6 is 11.6 Å². The highest BCUT2D eigenvalue weighted by Crippen LogP contribution is 2.24. The Bertz CT molecular complexity index is 565. The van der Waals surface area contributed by atoms with Crippen LogP contribution in [0.1, 0.15) is 56.6 Å². The van der Waals surface area contributed by atoms with E-state index in [0.29, 0.717) is 16.9 Å². The van der Waals surface area contributed by atoms with Crippen LogP contribution < -0.4 is 0 Å². The van der Waals surface area contributed by atoms with E-state index < -0.39 is 0 Å². The quantitative estimate of drug-likeness (QED) is 0.828. The lowest BCUT2D eigenvalue weighted by molar-refractivity contribution is 0.701. The predicted molar refractivity (Wildman–Crippen MR) is 79.3 cm³/mol. The smallest absolute Gasteiger partial charge is 0.155 e. The Hall–Kier alpha value is -1.35. The molecule has 4 heteroatoms. The van der Waals surface area contributed by atoms with Crippen molar-refractivity contribution in [3.63, 3.8) is 0 Å². The zero-order valence-electron chi connectivity index (χ0n) is 12.1. The third kappa shape index (κ3) is 2.98. The fourth-order valence-corrected chi connectivity index (χ4v) is 2.27. The maximum absolute atomic E-state index is 6.12. The Morgan fingerprint density at radius 3 is 2.26 bits per heavy atom. The van der Waals surface area contributed by atoms with Crippen LogP contribution in [0.4, 0.5) is 0 Å². The SMILES string of the molecule is Cc1cc(Cl)cc(-n2nc(C(C)C)cc2C(C)C)n1. The van der Waals surface area contributed by atoms with E-state index in [2.05, 4.69) is 43.8 Å². The van der Waals surface area contributed by atoms with E-state index in [1.165, 1.54) is 0 Å². The van der Waals surface area contributed by atoms with Gasteiger partial charge in [-0.25, -0.2) is 9.67 Å². The first-order valence-electron chi connectivity index (χ1n) is 6.63. The Labute approximate surface area is 119 Å². The molecule has 2 aromatic rings. The molecule has 19 heavy (non-hydrogen) atoms. The Kier molecular flexibility index (Phi) is 3.95. The van der Waals surface area contributed by atoms with Gasteiger partial charge in [-0.2, -0.15) is 5.10 Å². The second kappa shape index (κ2) is 5.33. The minimum atomic E-state index is 0.390. The standard InChI is InChI=1S/C15H20ClN3/c1-9(2)13-8-14(10(3)4)19(18-13)15-7-12(16)6-11(5)17-15/h6-10H,1-5H3. The fourth-order valence-electron chi connectivity index (χ4n) is 2.01. The average molecular weight is 278 g/mol. The van der Waals surface area contributed by atoms with Crippen molar-refractivity contribution in [2.24, 2.45) is 0 Å². The van der Waals surface area contributed by atoms with Crippen molar-refractivity contribution < 1.29 is 0 Å². The van der Waals surface area contributed by atoms with E-state index in [-0.39, 0.29) is 0 Å². The number of halogens is 1. The highest BCUT2D eigenvalue weighted by molar-refractivity contribution is 6.30. The minimum Gasteiger partial charge on any atom is -0.234 e. The first kappa shape index (κ1) is 14.1. The Balaban J connectivity index is 2.59. The molecule has 0 aliphatic heterocycles. The van der Waals surface area contributed by atoms with Crippen LogP contribution in [0.2, 0.25) is 5.02 Å². The van der Waals surface area contributed by atoms with Gasteiger partial charge < -0.3 is 0 Å². The fraction of sp³-hybridized carbons (Fsp3) is 0.467. The molecule has 0 aromatic carbocycles. The molecule has 3 nitrogen and oxygen atoms in total. The van der Waals surface area contributed by atoms with Crippen LogP contribution in [-0.2, 0) is 0 Å². The van der Waals surface area contributed by atoms with Crippen LogP contribution in [0, 0.1) is 6.92 Å². The number of hydrogen-bond donors (Lipinski definition) is 0. The molecule has 0 fully saturated rings. The van der Waals surface area contributed by atoms with Crippen LogP contribution in [0.3, 0.4) is 0 Å². The molecule has 0 aliphatic carbocycles. The first-order chi connectivity index (χ1) is 8.88. The maximum atomic E-state index is 6.12. The van der Waals surface area contributed by atoms with Crippen molar-refractivity contribution in [2.75, 3.05) is 0 Å². The Morgan fingerprint density at radius 2 is 1.74 bits per heavy atom. The van der Waals surface area contributed by atoms with Crippen molar-refractivity contribution in [3.8, 4) is 5.82 Å². The molecule has 0 radical (unpaired) electrons. The summed E-state index contributed by atoms with van der Waals surface area (Å²) in [7, 11) is 0. The van der Waals surface area contributed by atoms with Crippen molar-refractivity contribution in [1.82, 2.24) is 14.8 Å². The molecule has 2 heterocycles. The van der Waals surface area contributed by atoms with Crippen molar-refractivity contribution in [2.45, 2.75) is 46.5 Å². The van der Waals surface area contributed by atoms with E-state index in [1.807, 2.05) is 23.7 Å². The van der Waals surface area contributed by atoms with Gasteiger partial charge in [0.15, 0.2) is 5.82 Å². The molecule has 0 atom stereocenters. The van der Waals surface area contributed by atoms with Crippen molar-refractivity contribution in [1.29, 1.82) is 0 Å². The first-order valence-corrected chi connectivity index (χ1v) is 7.00. The van der Waals surface area contributed by atoms with Gasteiger partial charge in [-0.1, -0.05) is 39.3 Å². The van der Waals surface area contributed by atoms with Crippen LogP contribution in [0.15, 0.2) is 18.2 Å². The van der Waals surface area contributed by atoms with Crippen LogP contribution in [0.25, 0.3) is 5.82 Å². The molecular weight excluding hydrogens is 258 g/mol. The zero-order chi connectivity index (χ0) is 14.2. The monoisotopic (exact) mass is 277 g/mol. The molecule has 102 valence electrons. The molecule has 2 aromatic heterocycles. The van der Waals surface area contributed by atoms with Crippen LogP contribution in [0.5, 0.6) is 0 Å². The molecule has 0 saturated carbocycles. The van der Waals surface area contributed by atoms with Crippen molar-refractivity contribution in [3.05, 3.63) is 40.3 Å². The van der Waals surface area contributed by atoms with Gasteiger partial charge in [-0.15, -0.1) is 0 Å². The maximum Gasteiger partial charge on any atom is 0.155 e.